The Labute approximate surface area is 121 Å². The first-order valence-electron chi connectivity index (χ1n) is 6.87. The monoisotopic (exact) mass is 300 g/mol. The van der Waals surface area contributed by atoms with Gasteiger partial charge in [0.15, 0.2) is 0 Å². The zero-order chi connectivity index (χ0) is 15.8. The van der Waals surface area contributed by atoms with E-state index in [0.29, 0.717) is 24.3 Å². The number of hydrogen-bond donors (Lipinski definition) is 2. The predicted octanol–water partition coefficient (Wildman–Crippen LogP) is 3.33. The van der Waals surface area contributed by atoms with Crippen LogP contribution in [0.3, 0.4) is 0 Å². The van der Waals surface area contributed by atoms with Gasteiger partial charge in [0.05, 0.1) is 11.0 Å². The van der Waals surface area contributed by atoms with Crippen LogP contribution in [0.15, 0.2) is 18.2 Å². The number of rotatable bonds is 3. The van der Waals surface area contributed by atoms with Gasteiger partial charge < -0.3 is 11.1 Å². The number of hydrogen-bond acceptors (Lipinski definition) is 2. The fourth-order valence-corrected chi connectivity index (χ4v) is 2.91. The number of amides is 1. The lowest BCUT2D eigenvalue weighted by Gasteiger charge is -2.44. The Hall–Kier alpha value is -1.56. The Bertz CT molecular complexity index is 548. The van der Waals surface area contributed by atoms with Crippen LogP contribution in [0.4, 0.5) is 18.9 Å². The minimum atomic E-state index is -4.43. The van der Waals surface area contributed by atoms with Crippen molar-refractivity contribution < 1.29 is 18.0 Å². The highest BCUT2D eigenvalue weighted by Crippen LogP contribution is 2.45. The molecule has 0 radical (unpaired) electrons. The predicted molar refractivity (Wildman–Crippen MR) is 74.7 cm³/mol. The van der Waals surface area contributed by atoms with Gasteiger partial charge >= 0.3 is 6.18 Å². The number of anilines is 1. The summed E-state index contributed by atoms with van der Waals surface area (Å²) in [5.41, 5.74) is 5.06. The van der Waals surface area contributed by atoms with Crippen LogP contribution in [-0.2, 0) is 11.0 Å². The van der Waals surface area contributed by atoms with Crippen molar-refractivity contribution in [1.29, 1.82) is 0 Å². The van der Waals surface area contributed by atoms with Gasteiger partial charge in [-0.25, -0.2) is 0 Å². The first kappa shape index (κ1) is 15.8. The van der Waals surface area contributed by atoms with Crippen LogP contribution < -0.4 is 11.1 Å². The number of nitrogens with two attached hydrogens (primary N) is 1. The van der Waals surface area contributed by atoms with Gasteiger partial charge in [-0.1, -0.05) is 13.0 Å². The van der Waals surface area contributed by atoms with Gasteiger partial charge in [0.1, 0.15) is 0 Å². The van der Waals surface area contributed by atoms with Crippen molar-refractivity contribution in [3.05, 3.63) is 29.3 Å². The Morgan fingerprint density at radius 1 is 1.43 bits per heavy atom. The molecule has 0 unspecified atom stereocenters. The van der Waals surface area contributed by atoms with Crippen LogP contribution in [0, 0.1) is 18.3 Å². The first-order chi connectivity index (χ1) is 9.68. The molecule has 1 aromatic carbocycles. The van der Waals surface area contributed by atoms with Crippen molar-refractivity contribution in [2.75, 3.05) is 11.9 Å². The normalized spacial score (nSPS) is 25.3. The molecule has 6 heteroatoms. The molecule has 0 spiro atoms. The summed E-state index contributed by atoms with van der Waals surface area (Å²) in [5.74, 6) is 0.132. The summed E-state index contributed by atoms with van der Waals surface area (Å²) in [6, 6.07) is 3.34. The topological polar surface area (TPSA) is 55.1 Å². The molecule has 1 amide bonds. The van der Waals surface area contributed by atoms with E-state index in [0.717, 1.165) is 12.1 Å². The molecular weight excluding hydrogens is 281 g/mol. The van der Waals surface area contributed by atoms with E-state index in [1.165, 1.54) is 6.07 Å². The average molecular weight is 300 g/mol. The summed E-state index contributed by atoms with van der Waals surface area (Å²) in [5, 5.41) is 2.62. The zero-order valence-electron chi connectivity index (χ0n) is 12.1. The van der Waals surface area contributed by atoms with Crippen molar-refractivity contribution in [2.45, 2.75) is 32.9 Å². The molecule has 0 saturated heterocycles. The summed E-state index contributed by atoms with van der Waals surface area (Å²) < 4.78 is 38.2. The van der Waals surface area contributed by atoms with E-state index in [4.69, 9.17) is 5.73 Å². The molecule has 0 aliphatic heterocycles. The minimum Gasteiger partial charge on any atom is -0.329 e. The Kier molecular flexibility index (Phi) is 4.02. The molecule has 2 rings (SSSR count). The van der Waals surface area contributed by atoms with Crippen LogP contribution in [0.1, 0.15) is 30.9 Å². The maximum absolute atomic E-state index is 12.7. The van der Waals surface area contributed by atoms with Crippen molar-refractivity contribution in [3.8, 4) is 0 Å². The second-order valence-electron chi connectivity index (χ2n) is 5.98. The van der Waals surface area contributed by atoms with Crippen molar-refractivity contribution in [2.24, 2.45) is 17.1 Å². The molecule has 1 aliphatic rings. The van der Waals surface area contributed by atoms with Crippen molar-refractivity contribution in [1.82, 2.24) is 0 Å². The molecule has 1 saturated carbocycles. The summed E-state index contributed by atoms with van der Waals surface area (Å²) in [6.45, 7) is 3.90. The van der Waals surface area contributed by atoms with E-state index >= 15 is 0 Å². The first-order valence-corrected chi connectivity index (χ1v) is 6.87. The molecule has 3 N–H and O–H groups in total. The average Bonchev–Trinajstić information content (AvgIpc) is 2.35. The summed E-state index contributed by atoms with van der Waals surface area (Å²) in [4.78, 5) is 12.3. The third-order valence-electron chi connectivity index (χ3n) is 4.16. The molecule has 1 aliphatic carbocycles. The molecule has 116 valence electrons. The molecule has 0 aromatic heterocycles. The van der Waals surface area contributed by atoms with E-state index in [2.05, 4.69) is 5.32 Å². The third-order valence-corrected chi connectivity index (χ3v) is 4.16. The lowest BCUT2D eigenvalue weighted by atomic mass is 9.62. The highest BCUT2D eigenvalue weighted by molar-refractivity contribution is 5.96. The number of nitrogens with one attached hydrogen (secondary N) is 1. The second-order valence-corrected chi connectivity index (χ2v) is 5.98. The molecule has 1 fully saturated rings. The van der Waals surface area contributed by atoms with Gasteiger partial charge in [0, 0.05) is 12.2 Å². The Morgan fingerprint density at radius 2 is 2.05 bits per heavy atom. The van der Waals surface area contributed by atoms with Gasteiger partial charge in [-0.05, 0) is 43.4 Å². The van der Waals surface area contributed by atoms with Crippen LogP contribution in [0.5, 0.6) is 0 Å². The van der Waals surface area contributed by atoms with E-state index in [1.54, 1.807) is 6.92 Å². The number of carbonyl (C=O) groups is 1. The largest absolute Gasteiger partial charge is 0.416 e. The van der Waals surface area contributed by atoms with Gasteiger partial charge in [0.25, 0.3) is 0 Å². The smallest absolute Gasteiger partial charge is 0.329 e. The fourth-order valence-electron chi connectivity index (χ4n) is 2.91. The lowest BCUT2D eigenvalue weighted by Crippen LogP contribution is -2.51. The second kappa shape index (κ2) is 5.33. The lowest BCUT2D eigenvalue weighted by molar-refractivity contribution is -0.137. The fraction of sp³-hybridized carbons (Fsp3) is 0.533. The van der Waals surface area contributed by atoms with Gasteiger partial charge in [0.2, 0.25) is 5.91 Å². The Morgan fingerprint density at radius 3 is 2.52 bits per heavy atom. The molecule has 0 heterocycles. The molecule has 0 bridgehead atoms. The molecular formula is C15H19F3N2O. The van der Waals surface area contributed by atoms with Crippen LogP contribution >= 0.6 is 0 Å². The van der Waals surface area contributed by atoms with Gasteiger partial charge in [-0.2, -0.15) is 13.2 Å². The standard InChI is InChI=1S/C15H19F3N2O/c1-9-6-14(7-9,8-19)13(21)20-12-5-11(15(16,17)18)4-3-10(12)2/h3-5,9H,6-8,19H2,1-2H3,(H,20,21). The Balaban J connectivity index is 2.21. The van der Waals surface area contributed by atoms with E-state index in [-0.39, 0.29) is 18.1 Å². The van der Waals surface area contributed by atoms with Crippen LogP contribution in [0.25, 0.3) is 0 Å². The number of aryl methyl sites for hydroxylation is 1. The summed E-state index contributed by atoms with van der Waals surface area (Å²) >= 11 is 0. The SMILES string of the molecule is Cc1ccc(C(F)(F)F)cc1NC(=O)C1(CN)CC(C)C1. The summed E-state index contributed by atoms with van der Waals surface area (Å²) in [7, 11) is 0. The quantitative estimate of drug-likeness (QED) is 0.899. The molecule has 21 heavy (non-hydrogen) atoms. The van der Waals surface area contributed by atoms with Gasteiger partial charge in [-0.15, -0.1) is 0 Å². The maximum atomic E-state index is 12.7. The number of benzene rings is 1. The van der Waals surface area contributed by atoms with E-state index in [9.17, 15) is 18.0 Å². The minimum absolute atomic E-state index is 0.196. The number of halogens is 3. The molecule has 0 atom stereocenters. The zero-order valence-corrected chi connectivity index (χ0v) is 12.1. The maximum Gasteiger partial charge on any atom is 0.416 e. The van der Waals surface area contributed by atoms with E-state index in [1.807, 2.05) is 6.92 Å². The number of carbonyl (C=O) groups excluding carboxylic acids is 1. The third kappa shape index (κ3) is 3.05. The number of alkyl halides is 3. The van der Waals surface area contributed by atoms with Crippen molar-refractivity contribution >= 4 is 11.6 Å². The molecule has 1 aromatic rings. The van der Waals surface area contributed by atoms with E-state index < -0.39 is 17.2 Å². The van der Waals surface area contributed by atoms with Crippen molar-refractivity contribution in [3.63, 3.8) is 0 Å². The van der Waals surface area contributed by atoms with Gasteiger partial charge in [-0.3, -0.25) is 4.79 Å². The highest BCUT2D eigenvalue weighted by Gasteiger charge is 2.47. The van der Waals surface area contributed by atoms with Crippen LogP contribution in [-0.4, -0.2) is 12.5 Å². The summed E-state index contributed by atoms with van der Waals surface area (Å²) in [6.07, 6.45) is -3.08. The van der Waals surface area contributed by atoms with Crippen LogP contribution in [0.2, 0.25) is 0 Å². The molecule has 3 nitrogen and oxygen atoms in total. The highest BCUT2D eigenvalue weighted by atomic mass is 19.4.